The second kappa shape index (κ2) is 5.14. The summed E-state index contributed by atoms with van der Waals surface area (Å²) in [5.74, 6) is 1.56. The van der Waals surface area contributed by atoms with Gasteiger partial charge in [0.1, 0.15) is 0 Å². The Bertz CT molecular complexity index is 350. The van der Waals surface area contributed by atoms with Crippen LogP contribution in [0, 0.1) is 5.41 Å². The number of nitrogens with zero attached hydrogens (tertiary/aromatic N) is 3. The Kier molecular flexibility index (Phi) is 3.79. The van der Waals surface area contributed by atoms with Crippen molar-refractivity contribution < 1.29 is 4.52 Å². The minimum absolute atomic E-state index is 0.193. The van der Waals surface area contributed by atoms with E-state index >= 15 is 0 Å². The monoisotopic (exact) mass is 238 g/mol. The summed E-state index contributed by atoms with van der Waals surface area (Å²) < 4.78 is 5.28. The van der Waals surface area contributed by atoms with Gasteiger partial charge >= 0.3 is 0 Å². The lowest BCUT2D eigenvalue weighted by atomic mass is 9.92. The molecule has 2 heterocycles. The molecule has 0 unspecified atom stereocenters. The second-order valence-corrected chi connectivity index (χ2v) is 5.87. The Morgan fingerprint density at radius 2 is 2.00 bits per heavy atom. The summed E-state index contributed by atoms with van der Waals surface area (Å²) >= 11 is 0. The maximum absolute atomic E-state index is 5.28. The van der Waals surface area contributed by atoms with E-state index in [1.165, 1.54) is 0 Å². The van der Waals surface area contributed by atoms with E-state index in [0.29, 0.717) is 0 Å². The van der Waals surface area contributed by atoms with Gasteiger partial charge in [-0.05, 0) is 5.41 Å². The van der Waals surface area contributed by atoms with Crippen molar-refractivity contribution >= 4 is 0 Å². The van der Waals surface area contributed by atoms with Gasteiger partial charge in [-0.25, -0.2) is 0 Å². The lowest BCUT2D eigenvalue weighted by Gasteiger charge is -2.25. The molecule has 0 spiro atoms. The highest BCUT2D eigenvalue weighted by Crippen LogP contribution is 2.19. The van der Waals surface area contributed by atoms with Crippen molar-refractivity contribution in [3.05, 3.63) is 11.7 Å². The molecule has 96 valence electrons. The van der Waals surface area contributed by atoms with E-state index in [2.05, 4.69) is 41.1 Å². The highest BCUT2D eigenvalue weighted by Gasteiger charge is 2.18. The summed E-state index contributed by atoms with van der Waals surface area (Å²) in [5, 5.41) is 7.38. The molecule has 0 aliphatic carbocycles. The molecule has 1 aliphatic rings. The van der Waals surface area contributed by atoms with Gasteiger partial charge in [0.05, 0.1) is 6.54 Å². The summed E-state index contributed by atoms with van der Waals surface area (Å²) in [7, 11) is 0. The third-order valence-corrected chi connectivity index (χ3v) is 2.77. The molecule has 0 radical (unpaired) electrons. The van der Waals surface area contributed by atoms with Gasteiger partial charge in [0.25, 0.3) is 0 Å². The molecule has 0 bridgehead atoms. The first-order chi connectivity index (χ1) is 8.03. The predicted molar refractivity (Wildman–Crippen MR) is 65.6 cm³/mol. The third-order valence-electron chi connectivity index (χ3n) is 2.77. The summed E-state index contributed by atoms with van der Waals surface area (Å²) in [6.07, 6.45) is 0.835. The van der Waals surface area contributed by atoms with Crippen LogP contribution in [0.15, 0.2) is 4.52 Å². The average Bonchev–Trinajstić information content (AvgIpc) is 2.64. The number of aromatic nitrogens is 2. The number of rotatable bonds is 3. The molecule has 5 nitrogen and oxygen atoms in total. The van der Waals surface area contributed by atoms with E-state index in [1.54, 1.807) is 0 Å². The summed E-state index contributed by atoms with van der Waals surface area (Å²) in [6, 6.07) is 0. The van der Waals surface area contributed by atoms with E-state index in [9.17, 15) is 0 Å². The Labute approximate surface area is 103 Å². The highest BCUT2D eigenvalue weighted by molar-refractivity contribution is 4.90. The minimum Gasteiger partial charge on any atom is -0.339 e. The van der Waals surface area contributed by atoms with Crippen LogP contribution >= 0.6 is 0 Å². The molecule has 1 aromatic rings. The van der Waals surface area contributed by atoms with Crippen molar-refractivity contribution in [2.24, 2.45) is 5.41 Å². The maximum atomic E-state index is 5.28. The first-order valence-electron chi connectivity index (χ1n) is 6.27. The first-order valence-corrected chi connectivity index (χ1v) is 6.27. The smallest absolute Gasteiger partial charge is 0.227 e. The van der Waals surface area contributed by atoms with E-state index in [-0.39, 0.29) is 5.41 Å². The second-order valence-electron chi connectivity index (χ2n) is 5.87. The van der Waals surface area contributed by atoms with Crippen LogP contribution in [-0.2, 0) is 13.0 Å². The Balaban J connectivity index is 1.89. The van der Waals surface area contributed by atoms with Gasteiger partial charge in [-0.15, -0.1) is 0 Å². The predicted octanol–water partition coefficient (Wildman–Crippen LogP) is 1.06. The van der Waals surface area contributed by atoms with Gasteiger partial charge in [-0.2, -0.15) is 4.98 Å². The minimum atomic E-state index is 0.193. The molecule has 0 amide bonds. The average molecular weight is 238 g/mol. The number of hydrogen-bond acceptors (Lipinski definition) is 5. The van der Waals surface area contributed by atoms with Crippen molar-refractivity contribution in [3.63, 3.8) is 0 Å². The van der Waals surface area contributed by atoms with Crippen molar-refractivity contribution in [1.29, 1.82) is 0 Å². The van der Waals surface area contributed by atoms with Crippen LogP contribution in [0.2, 0.25) is 0 Å². The van der Waals surface area contributed by atoms with Crippen molar-refractivity contribution in [2.45, 2.75) is 33.7 Å². The summed E-state index contributed by atoms with van der Waals surface area (Å²) in [5.41, 5.74) is 0.193. The fourth-order valence-corrected chi connectivity index (χ4v) is 1.95. The van der Waals surface area contributed by atoms with Crippen LogP contribution in [0.1, 0.15) is 32.5 Å². The number of nitrogens with one attached hydrogen (secondary N) is 1. The zero-order valence-electron chi connectivity index (χ0n) is 11.0. The van der Waals surface area contributed by atoms with Gasteiger partial charge in [-0.1, -0.05) is 25.9 Å². The van der Waals surface area contributed by atoms with Crippen LogP contribution in [0.4, 0.5) is 0 Å². The molecule has 2 rings (SSSR count). The van der Waals surface area contributed by atoms with Crippen LogP contribution in [0.5, 0.6) is 0 Å². The van der Waals surface area contributed by atoms with Crippen LogP contribution < -0.4 is 5.32 Å². The van der Waals surface area contributed by atoms with Gasteiger partial charge in [0.15, 0.2) is 5.82 Å². The normalized spacial score (nSPS) is 18.5. The lowest BCUT2D eigenvalue weighted by Crippen LogP contribution is -2.43. The first kappa shape index (κ1) is 12.5. The zero-order valence-corrected chi connectivity index (χ0v) is 11.0. The van der Waals surface area contributed by atoms with Crippen molar-refractivity contribution in [2.75, 3.05) is 26.2 Å². The highest BCUT2D eigenvalue weighted by atomic mass is 16.5. The molecular formula is C12H22N4O. The van der Waals surface area contributed by atoms with E-state index in [0.717, 1.165) is 50.9 Å². The Hall–Kier alpha value is -0.940. The molecule has 0 atom stereocenters. The standard InChI is InChI=1S/C12H22N4O/c1-12(2,3)8-11-14-10(15-17-11)9-16-6-4-13-5-7-16/h13H,4-9H2,1-3H3. The number of piperazine rings is 1. The zero-order chi connectivity index (χ0) is 12.3. The van der Waals surface area contributed by atoms with E-state index in [4.69, 9.17) is 4.52 Å². The van der Waals surface area contributed by atoms with E-state index < -0.39 is 0 Å². The van der Waals surface area contributed by atoms with Crippen molar-refractivity contribution in [3.8, 4) is 0 Å². The van der Waals surface area contributed by atoms with Crippen molar-refractivity contribution in [1.82, 2.24) is 20.4 Å². The molecule has 1 saturated heterocycles. The van der Waals surface area contributed by atoms with Crippen LogP contribution in [0.25, 0.3) is 0 Å². The SMILES string of the molecule is CC(C)(C)Cc1nc(CN2CCNCC2)no1. The maximum Gasteiger partial charge on any atom is 0.227 e. The third kappa shape index (κ3) is 4.09. The fourth-order valence-electron chi connectivity index (χ4n) is 1.95. The van der Waals surface area contributed by atoms with Crippen LogP contribution in [-0.4, -0.2) is 41.2 Å². The van der Waals surface area contributed by atoms with Gasteiger partial charge in [0.2, 0.25) is 5.89 Å². The molecule has 17 heavy (non-hydrogen) atoms. The summed E-state index contributed by atoms with van der Waals surface area (Å²) in [4.78, 5) is 6.80. The molecular weight excluding hydrogens is 216 g/mol. The largest absolute Gasteiger partial charge is 0.339 e. The number of hydrogen-bond donors (Lipinski definition) is 1. The Morgan fingerprint density at radius 1 is 1.29 bits per heavy atom. The molecule has 5 heteroatoms. The molecule has 1 aromatic heterocycles. The Morgan fingerprint density at radius 3 is 2.65 bits per heavy atom. The molecule has 0 saturated carbocycles. The van der Waals surface area contributed by atoms with Crippen LogP contribution in [0.3, 0.4) is 0 Å². The summed E-state index contributed by atoms with van der Waals surface area (Å²) in [6.45, 7) is 11.5. The van der Waals surface area contributed by atoms with Gasteiger partial charge in [0, 0.05) is 32.6 Å². The van der Waals surface area contributed by atoms with E-state index in [1.807, 2.05) is 0 Å². The topological polar surface area (TPSA) is 54.2 Å². The fraction of sp³-hybridized carbons (Fsp3) is 0.833. The molecule has 1 fully saturated rings. The lowest BCUT2D eigenvalue weighted by molar-refractivity contribution is 0.224. The van der Waals surface area contributed by atoms with Gasteiger partial charge in [-0.3, -0.25) is 4.90 Å². The molecule has 1 N–H and O–H groups in total. The quantitative estimate of drug-likeness (QED) is 0.853. The molecule has 1 aliphatic heterocycles. The van der Waals surface area contributed by atoms with Gasteiger partial charge < -0.3 is 9.84 Å². The molecule has 0 aromatic carbocycles.